The zero-order valence-electron chi connectivity index (χ0n) is 13.2. The molecular weight excluding hydrogens is 378 g/mol. The molecule has 3 amide bonds. The van der Waals surface area contributed by atoms with Crippen LogP contribution in [-0.4, -0.2) is 54.1 Å². The van der Waals surface area contributed by atoms with Gasteiger partial charge < -0.3 is 15.3 Å². The molecule has 3 rings (SSSR count). The number of amides is 3. The smallest absolute Gasteiger partial charge is 0.407 e. The second-order valence-corrected chi connectivity index (χ2v) is 6.76. The molecule has 1 aromatic carbocycles. The van der Waals surface area contributed by atoms with Gasteiger partial charge in [-0.15, -0.1) is 0 Å². The molecule has 7 nitrogen and oxygen atoms in total. The van der Waals surface area contributed by atoms with Gasteiger partial charge in [-0.2, -0.15) is 0 Å². The van der Waals surface area contributed by atoms with E-state index in [0.717, 1.165) is 10.0 Å². The molecule has 1 atom stereocenters. The number of rotatable bonds is 2. The number of hydrogen-bond donors (Lipinski definition) is 2. The number of likely N-dealkylation sites (tertiary alicyclic amines) is 1. The quantitative estimate of drug-likeness (QED) is 0.799. The molecule has 0 aliphatic carbocycles. The van der Waals surface area contributed by atoms with Gasteiger partial charge in [0.15, 0.2) is 0 Å². The highest BCUT2D eigenvalue weighted by atomic mass is 79.9. The fourth-order valence-electron chi connectivity index (χ4n) is 3.39. The number of fused-ring (bicyclic) bond motifs is 1. The summed E-state index contributed by atoms with van der Waals surface area (Å²) < 4.78 is 0.787. The van der Waals surface area contributed by atoms with Crippen LogP contribution in [-0.2, 0) is 11.2 Å². The van der Waals surface area contributed by atoms with Crippen molar-refractivity contribution in [2.24, 2.45) is 0 Å². The van der Waals surface area contributed by atoms with E-state index in [9.17, 15) is 19.5 Å². The van der Waals surface area contributed by atoms with E-state index in [1.165, 1.54) is 4.90 Å². The average molecular weight is 396 g/mol. The van der Waals surface area contributed by atoms with Gasteiger partial charge in [0.25, 0.3) is 5.91 Å². The summed E-state index contributed by atoms with van der Waals surface area (Å²) in [6.07, 6.45) is 0.833. The summed E-state index contributed by atoms with van der Waals surface area (Å²) in [6, 6.07) is 2.80. The SMILES string of the molecule is CNC(=O)c1cc(Br)c2c(c1)N(C(=O)C1CCCN1C(=O)O)CC2. The first-order valence-electron chi connectivity index (χ1n) is 7.79. The topological polar surface area (TPSA) is 90.0 Å². The van der Waals surface area contributed by atoms with Gasteiger partial charge in [-0.05, 0) is 37.0 Å². The number of hydrogen-bond acceptors (Lipinski definition) is 3. The zero-order valence-corrected chi connectivity index (χ0v) is 14.8. The number of carbonyl (C=O) groups is 3. The normalized spacial score (nSPS) is 19.3. The molecule has 2 heterocycles. The van der Waals surface area contributed by atoms with Crippen molar-refractivity contribution in [2.75, 3.05) is 25.0 Å². The summed E-state index contributed by atoms with van der Waals surface area (Å²) in [5.41, 5.74) is 2.12. The third kappa shape index (κ3) is 2.75. The summed E-state index contributed by atoms with van der Waals surface area (Å²) in [5.74, 6) is -0.444. The highest BCUT2D eigenvalue weighted by molar-refractivity contribution is 9.10. The summed E-state index contributed by atoms with van der Waals surface area (Å²) in [4.78, 5) is 38.9. The molecule has 128 valence electrons. The molecule has 2 aliphatic rings. The van der Waals surface area contributed by atoms with E-state index >= 15 is 0 Å². The zero-order chi connectivity index (χ0) is 17.4. The van der Waals surface area contributed by atoms with Crippen LogP contribution in [0.25, 0.3) is 0 Å². The number of anilines is 1. The standard InChI is InChI=1S/C16H18BrN3O4/c1-18-14(21)9-7-11(17)10-4-6-19(13(10)8-9)15(22)12-3-2-5-20(12)16(23)24/h7-8,12H,2-6H2,1H3,(H,18,21)(H,23,24). The van der Waals surface area contributed by atoms with Crippen molar-refractivity contribution in [3.63, 3.8) is 0 Å². The summed E-state index contributed by atoms with van der Waals surface area (Å²) in [5, 5.41) is 11.8. The Kier molecular flexibility index (Phi) is 4.49. The largest absolute Gasteiger partial charge is 0.465 e. The van der Waals surface area contributed by atoms with Crippen molar-refractivity contribution < 1.29 is 19.5 Å². The minimum atomic E-state index is -1.06. The first-order chi connectivity index (χ1) is 11.4. The maximum Gasteiger partial charge on any atom is 0.407 e. The Balaban J connectivity index is 1.93. The number of nitrogens with one attached hydrogen (secondary N) is 1. The molecule has 1 fully saturated rings. The maximum atomic E-state index is 12.9. The predicted octanol–water partition coefficient (Wildman–Crippen LogP) is 1.84. The highest BCUT2D eigenvalue weighted by Gasteiger charge is 2.39. The van der Waals surface area contributed by atoms with Gasteiger partial charge in [-0.1, -0.05) is 15.9 Å². The van der Waals surface area contributed by atoms with Crippen molar-refractivity contribution in [1.29, 1.82) is 0 Å². The molecule has 0 bridgehead atoms. The lowest BCUT2D eigenvalue weighted by Crippen LogP contribution is -2.47. The van der Waals surface area contributed by atoms with E-state index in [-0.39, 0.29) is 11.8 Å². The Morgan fingerprint density at radius 1 is 1.29 bits per heavy atom. The third-order valence-electron chi connectivity index (χ3n) is 4.59. The van der Waals surface area contributed by atoms with Crippen LogP contribution >= 0.6 is 15.9 Å². The van der Waals surface area contributed by atoms with Crippen LogP contribution in [0, 0.1) is 0 Å². The van der Waals surface area contributed by atoms with Crippen LogP contribution in [0.2, 0.25) is 0 Å². The molecule has 0 saturated carbocycles. The van der Waals surface area contributed by atoms with Gasteiger partial charge in [-0.25, -0.2) is 4.79 Å². The number of nitrogens with zero attached hydrogens (tertiary/aromatic N) is 2. The summed E-state index contributed by atoms with van der Waals surface area (Å²) in [7, 11) is 1.55. The lowest BCUT2D eigenvalue weighted by molar-refractivity contribution is -0.122. The van der Waals surface area contributed by atoms with Crippen LogP contribution in [0.5, 0.6) is 0 Å². The molecule has 1 unspecified atom stereocenters. The first-order valence-corrected chi connectivity index (χ1v) is 8.58. The Labute approximate surface area is 147 Å². The van der Waals surface area contributed by atoms with Crippen molar-refractivity contribution >= 4 is 39.5 Å². The van der Waals surface area contributed by atoms with Gasteiger partial charge in [-0.3, -0.25) is 14.5 Å². The van der Waals surface area contributed by atoms with Gasteiger partial charge in [0.2, 0.25) is 5.91 Å². The minimum absolute atomic E-state index is 0.213. The lowest BCUT2D eigenvalue weighted by atomic mass is 10.1. The third-order valence-corrected chi connectivity index (χ3v) is 5.29. The molecule has 0 spiro atoms. The van der Waals surface area contributed by atoms with Crippen LogP contribution in [0.4, 0.5) is 10.5 Å². The second-order valence-electron chi connectivity index (χ2n) is 5.91. The predicted molar refractivity (Wildman–Crippen MR) is 91.3 cm³/mol. The van der Waals surface area contributed by atoms with Crippen molar-refractivity contribution in [1.82, 2.24) is 10.2 Å². The minimum Gasteiger partial charge on any atom is -0.465 e. The second kappa shape index (κ2) is 6.43. The Bertz CT molecular complexity index is 722. The molecule has 0 aromatic heterocycles. The summed E-state index contributed by atoms with van der Waals surface area (Å²) in [6.45, 7) is 0.877. The molecule has 8 heteroatoms. The fraction of sp³-hybridized carbons (Fsp3) is 0.438. The molecular formula is C16H18BrN3O4. The van der Waals surface area contributed by atoms with Gasteiger partial charge in [0.05, 0.1) is 0 Å². The molecule has 24 heavy (non-hydrogen) atoms. The average Bonchev–Trinajstić information content (AvgIpc) is 3.20. The molecule has 0 radical (unpaired) electrons. The number of carboxylic acid groups (broad SMARTS) is 1. The van der Waals surface area contributed by atoms with Crippen molar-refractivity contribution in [2.45, 2.75) is 25.3 Å². The Morgan fingerprint density at radius 3 is 2.71 bits per heavy atom. The maximum absolute atomic E-state index is 12.9. The monoisotopic (exact) mass is 395 g/mol. The molecule has 1 saturated heterocycles. The summed E-state index contributed by atoms with van der Waals surface area (Å²) >= 11 is 3.47. The van der Waals surface area contributed by atoms with Crippen molar-refractivity contribution in [3.05, 3.63) is 27.7 Å². The van der Waals surface area contributed by atoms with Crippen LogP contribution < -0.4 is 10.2 Å². The van der Waals surface area contributed by atoms with E-state index in [1.54, 1.807) is 24.1 Å². The van der Waals surface area contributed by atoms with Crippen LogP contribution in [0.15, 0.2) is 16.6 Å². The first kappa shape index (κ1) is 16.8. The van der Waals surface area contributed by atoms with Crippen LogP contribution in [0.3, 0.4) is 0 Å². The molecule has 2 N–H and O–H groups in total. The number of carbonyl (C=O) groups excluding carboxylic acids is 2. The molecule has 2 aliphatic heterocycles. The molecule has 1 aromatic rings. The Morgan fingerprint density at radius 2 is 2.04 bits per heavy atom. The van der Waals surface area contributed by atoms with E-state index in [0.29, 0.717) is 43.6 Å². The van der Waals surface area contributed by atoms with Crippen LogP contribution in [0.1, 0.15) is 28.8 Å². The Hall–Kier alpha value is -2.09. The number of benzene rings is 1. The highest BCUT2D eigenvalue weighted by Crippen LogP contribution is 2.36. The van der Waals surface area contributed by atoms with Gasteiger partial charge >= 0.3 is 6.09 Å². The van der Waals surface area contributed by atoms with Gasteiger partial charge in [0, 0.05) is 35.9 Å². The van der Waals surface area contributed by atoms with E-state index in [2.05, 4.69) is 21.2 Å². The van der Waals surface area contributed by atoms with E-state index < -0.39 is 12.1 Å². The van der Waals surface area contributed by atoms with E-state index in [1.807, 2.05) is 0 Å². The van der Waals surface area contributed by atoms with E-state index in [4.69, 9.17) is 0 Å². The van der Waals surface area contributed by atoms with Gasteiger partial charge in [0.1, 0.15) is 6.04 Å². The fourth-order valence-corrected chi connectivity index (χ4v) is 4.04. The van der Waals surface area contributed by atoms with Crippen molar-refractivity contribution in [3.8, 4) is 0 Å². The number of halogens is 1. The lowest BCUT2D eigenvalue weighted by Gasteiger charge is -2.26.